The highest BCUT2D eigenvalue weighted by Gasteiger charge is 2.32. The zero-order valence-electron chi connectivity index (χ0n) is 16.4. The number of nitrogens with one attached hydrogen (secondary N) is 2. The van der Waals surface area contributed by atoms with Gasteiger partial charge in [-0.2, -0.15) is 13.2 Å². The minimum Gasteiger partial charge on any atom is -0.493 e. The van der Waals surface area contributed by atoms with Gasteiger partial charge in [-0.1, -0.05) is 12.1 Å². The van der Waals surface area contributed by atoms with Gasteiger partial charge in [0.05, 0.1) is 24.3 Å². The molecule has 0 aliphatic carbocycles. The number of halogens is 3. The van der Waals surface area contributed by atoms with Crippen LogP contribution in [0.1, 0.15) is 44.3 Å². The average Bonchev–Trinajstić information content (AvgIpc) is 3.01. The Bertz CT molecular complexity index is 1020. The first kappa shape index (κ1) is 21.4. The highest BCUT2D eigenvalue weighted by molar-refractivity contribution is 6.07. The van der Waals surface area contributed by atoms with Gasteiger partial charge in [-0.25, -0.2) is 0 Å². The van der Waals surface area contributed by atoms with Gasteiger partial charge < -0.3 is 15.0 Å². The van der Waals surface area contributed by atoms with Gasteiger partial charge >= 0.3 is 6.18 Å². The second-order valence-corrected chi connectivity index (χ2v) is 6.72. The van der Waals surface area contributed by atoms with Gasteiger partial charge in [0.25, 0.3) is 5.91 Å². The number of nitrogens with zero attached hydrogens (tertiary/aromatic N) is 1. The molecule has 1 aliphatic rings. The van der Waals surface area contributed by atoms with E-state index in [-0.39, 0.29) is 36.0 Å². The molecular formula is C21H20F3N3O3. The van der Waals surface area contributed by atoms with Crippen molar-refractivity contribution in [1.82, 2.24) is 10.2 Å². The number of carbonyl (C=O) groups is 2. The largest absolute Gasteiger partial charge is 0.493 e. The van der Waals surface area contributed by atoms with E-state index in [4.69, 9.17) is 10.1 Å². The van der Waals surface area contributed by atoms with E-state index in [0.29, 0.717) is 23.5 Å². The summed E-state index contributed by atoms with van der Waals surface area (Å²) in [4.78, 5) is 26.2. The SMILES string of the molecule is CCOc1cc2c(cc1C(=O)NC)C(=N)N(CC(=O)c1cccc(C(F)(F)F)c1)C2. The molecule has 0 radical (unpaired) electrons. The maximum atomic E-state index is 12.9. The van der Waals surface area contributed by atoms with Crippen LogP contribution in [0.3, 0.4) is 0 Å². The van der Waals surface area contributed by atoms with Gasteiger partial charge in [-0.3, -0.25) is 15.0 Å². The summed E-state index contributed by atoms with van der Waals surface area (Å²) in [5, 5.41) is 10.9. The molecule has 2 aromatic carbocycles. The molecular weight excluding hydrogens is 399 g/mol. The lowest BCUT2D eigenvalue weighted by atomic mass is 10.0. The second-order valence-electron chi connectivity index (χ2n) is 6.72. The number of Topliss-reactive ketones (excluding diaryl/α,β-unsaturated/α-hetero) is 1. The van der Waals surface area contributed by atoms with Crippen LogP contribution >= 0.6 is 0 Å². The zero-order chi connectivity index (χ0) is 22.1. The molecule has 0 unspecified atom stereocenters. The van der Waals surface area contributed by atoms with Crippen LogP contribution in [0.4, 0.5) is 13.2 Å². The summed E-state index contributed by atoms with van der Waals surface area (Å²) in [6.07, 6.45) is -4.54. The Labute approximate surface area is 171 Å². The minimum atomic E-state index is -4.54. The molecule has 1 aliphatic heterocycles. The van der Waals surface area contributed by atoms with Crippen molar-refractivity contribution in [3.8, 4) is 5.75 Å². The Kier molecular flexibility index (Phi) is 5.82. The number of amidine groups is 1. The molecule has 1 heterocycles. The van der Waals surface area contributed by atoms with E-state index in [1.807, 2.05) is 0 Å². The molecule has 1 amide bonds. The molecule has 0 atom stereocenters. The number of hydrogen-bond acceptors (Lipinski definition) is 4. The van der Waals surface area contributed by atoms with Crippen LogP contribution in [-0.4, -0.2) is 42.6 Å². The maximum absolute atomic E-state index is 12.9. The van der Waals surface area contributed by atoms with E-state index < -0.39 is 17.5 Å². The summed E-state index contributed by atoms with van der Waals surface area (Å²) in [5.74, 6) is -0.504. The fraction of sp³-hybridized carbons (Fsp3) is 0.286. The lowest BCUT2D eigenvalue weighted by Gasteiger charge is -2.17. The molecule has 6 nitrogen and oxygen atoms in total. The fourth-order valence-electron chi connectivity index (χ4n) is 3.28. The number of fused-ring (bicyclic) bond motifs is 1. The molecule has 0 spiro atoms. The van der Waals surface area contributed by atoms with Crippen molar-refractivity contribution >= 4 is 17.5 Å². The number of alkyl halides is 3. The van der Waals surface area contributed by atoms with E-state index in [1.54, 1.807) is 13.0 Å². The highest BCUT2D eigenvalue weighted by atomic mass is 19.4. The molecule has 9 heteroatoms. The van der Waals surface area contributed by atoms with Crippen LogP contribution < -0.4 is 10.1 Å². The quantitative estimate of drug-likeness (QED) is 0.703. The predicted molar refractivity (Wildman–Crippen MR) is 104 cm³/mol. The molecule has 3 rings (SSSR count). The number of benzene rings is 2. The fourth-order valence-corrected chi connectivity index (χ4v) is 3.28. The normalized spacial score (nSPS) is 13.2. The monoisotopic (exact) mass is 419 g/mol. The molecule has 0 bridgehead atoms. The van der Waals surface area contributed by atoms with Gasteiger partial charge in [0.1, 0.15) is 11.6 Å². The smallest absolute Gasteiger partial charge is 0.416 e. The summed E-state index contributed by atoms with van der Waals surface area (Å²) >= 11 is 0. The average molecular weight is 419 g/mol. The van der Waals surface area contributed by atoms with Crippen LogP contribution in [0.2, 0.25) is 0 Å². The van der Waals surface area contributed by atoms with E-state index in [0.717, 1.165) is 12.1 Å². The number of ketones is 1. The topological polar surface area (TPSA) is 82.5 Å². The van der Waals surface area contributed by atoms with Gasteiger partial charge in [-0.05, 0) is 36.8 Å². The number of amides is 1. The van der Waals surface area contributed by atoms with Crippen molar-refractivity contribution in [3.05, 3.63) is 64.2 Å². The molecule has 2 N–H and O–H groups in total. The molecule has 2 aromatic rings. The van der Waals surface area contributed by atoms with E-state index in [9.17, 15) is 22.8 Å². The molecule has 0 saturated carbocycles. The number of ether oxygens (including phenoxy) is 1. The summed E-state index contributed by atoms with van der Waals surface area (Å²) in [7, 11) is 1.48. The van der Waals surface area contributed by atoms with Gasteiger partial charge in [0.2, 0.25) is 0 Å². The standard InChI is InChI=1S/C21H20F3N3O3/c1-3-30-18-8-13-10-27(19(25)15(13)9-16(18)20(29)26-2)11-17(28)12-5-4-6-14(7-12)21(22,23)24/h4-9,25H,3,10-11H2,1-2H3,(H,26,29). The van der Waals surface area contributed by atoms with Crippen molar-refractivity contribution in [2.24, 2.45) is 0 Å². The first-order valence-electron chi connectivity index (χ1n) is 9.21. The third-order valence-corrected chi connectivity index (χ3v) is 4.76. The molecule has 0 aromatic heterocycles. The summed E-state index contributed by atoms with van der Waals surface area (Å²) in [5.41, 5.74) is 0.482. The van der Waals surface area contributed by atoms with Crippen molar-refractivity contribution in [3.63, 3.8) is 0 Å². The Morgan fingerprint density at radius 1 is 1.23 bits per heavy atom. The third kappa shape index (κ3) is 4.14. The second kappa shape index (κ2) is 8.17. The van der Waals surface area contributed by atoms with Crippen LogP contribution in [0.15, 0.2) is 36.4 Å². The van der Waals surface area contributed by atoms with Crippen LogP contribution in [-0.2, 0) is 12.7 Å². The highest BCUT2D eigenvalue weighted by Crippen LogP contribution is 2.32. The zero-order valence-corrected chi connectivity index (χ0v) is 16.4. The van der Waals surface area contributed by atoms with Crippen LogP contribution in [0.5, 0.6) is 5.75 Å². The van der Waals surface area contributed by atoms with Crippen molar-refractivity contribution < 1.29 is 27.5 Å². The first-order chi connectivity index (χ1) is 14.2. The minimum absolute atomic E-state index is 0.0264. The van der Waals surface area contributed by atoms with E-state index >= 15 is 0 Å². The van der Waals surface area contributed by atoms with Crippen LogP contribution in [0, 0.1) is 5.41 Å². The number of hydrogen-bond donors (Lipinski definition) is 2. The van der Waals surface area contributed by atoms with Crippen molar-refractivity contribution in [1.29, 1.82) is 5.41 Å². The van der Waals surface area contributed by atoms with Crippen LogP contribution in [0.25, 0.3) is 0 Å². The van der Waals surface area contributed by atoms with Gasteiger partial charge in [-0.15, -0.1) is 0 Å². The molecule has 30 heavy (non-hydrogen) atoms. The van der Waals surface area contributed by atoms with Crippen molar-refractivity contribution in [2.75, 3.05) is 20.2 Å². The lowest BCUT2D eigenvalue weighted by molar-refractivity contribution is -0.137. The molecule has 0 saturated heterocycles. The molecule has 0 fully saturated rings. The van der Waals surface area contributed by atoms with E-state index in [2.05, 4.69) is 5.32 Å². The Hall–Kier alpha value is -3.36. The summed E-state index contributed by atoms with van der Waals surface area (Å²) in [6.45, 7) is 2.09. The summed E-state index contributed by atoms with van der Waals surface area (Å²) < 4.78 is 44.3. The van der Waals surface area contributed by atoms with Gasteiger partial charge in [0, 0.05) is 24.7 Å². The van der Waals surface area contributed by atoms with E-state index in [1.165, 1.54) is 30.1 Å². The first-order valence-corrected chi connectivity index (χ1v) is 9.21. The maximum Gasteiger partial charge on any atom is 0.416 e. The Morgan fingerprint density at radius 3 is 2.60 bits per heavy atom. The van der Waals surface area contributed by atoms with Gasteiger partial charge in [0.15, 0.2) is 5.78 Å². The number of rotatable bonds is 6. The lowest BCUT2D eigenvalue weighted by Crippen LogP contribution is -2.30. The molecule has 158 valence electrons. The Morgan fingerprint density at radius 2 is 1.97 bits per heavy atom. The third-order valence-electron chi connectivity index (χ3n) is 4.76. The summed E-state index contributed by atoms with van der Waals surface area (Å²) in [6, 6.07) is 7.42. The predicted octanol–water partition coefficient (Wildman–Crippen LogP) is 3.49. The van der Waals surface area contributed by atoms with Crippen molar-refractivity contribution in [2.45, 2.75) is 19.6 Å². The Balaban J connectivity index is 1.84. The number of carbonyl (C=O) groups excluding carboxylic acids is 2.